The van der Waals surface area contributed by atoms with Gasteiger partial charge in [-0.15, -0.1) is 12.4 Å². The van der Waals surface area contributed by atoms with Crippen LogP contribution in [0.5, 0.6) is 11.5 Å². The number of guanidine groups is 1. The van der Waals surface area contributed by atoms with Crippen molar-refractivity contribution in [3.63, 3.8) is 0 Å². The summed E-state index contributed by atoms with van der Waals surface area (Å²) in [7, 11) is 0. The second kappa shape index (κ2) is 11.2. The van der Waals surface area contributed by atoms with Crippen molar-refractivity contribution in [3.8, 4) is 11.5 Å². The van der Waals surface area contributed by atoms with Crippen LogP contribution < -0.4 is 20.9 Å². The minimum Gasteiger partial charge on any atom is -0.426 e. The van der Waals surface area contributed by atoms with Crippen LogP contribution in [-0.2, 0) is 4.79 Å². The number of para-hydroxylation sites is 1. The fourth-order valence-electron chi connectivity index (χ4n) is 3.33. The molecule has 1 aliphatic carbocycles. The summed E-state index contributed by atoms with van der Waals surface area (Å²) in [6.07, 6.45) is 3.29. The highest BCUT2D eigenvalue weighted by Gasteiger charge is 2.27. The van der Waals surface area contributed by atoms with E-state index in [1.807, 2.05) is 6.07 Å². The van der Waals surface area contributed by atoms with Gasteiger partial charge in [-0.3, -0.25) is 9.79 Å². The third kappa shape index (κ3) is 6.77. The second-order valence-electron chi connectivity index (χ2n) is 7.13. The van der Waals surface area contributed by atoms with Crippen molar-refractivity contribution in [1.29, 1.82) is 0 Å². The molecule has 0 atom stereocenters. The van der Waals surface area contributed by atoms with Gasteiger partial charge in [0.25, 0.3) is 0 Å². The molecular formula is C22H26ClN3O4. The molecule has 7 nitrogen and oxygen atoms in total. The Morgan fingerprint density at radius 1 is 0.867 bits per heavy atom. The predicted molar refractivity (Wildman–Crippen MR) is 117 cm³/mol. The first kappa shape index (κ1) is 23.2. The molecule has 2 aromatic rings. The van der Waals surface area contributed by atoms with Gasteiger partial charge in [0.1, 0.15) is 11.5 Å². The first-order valence-electron chi connectivity index (χ1n) is 9.65. The Hall–Kier alpha value is -3.06. The van der Waals surface area contributed by atoms with Crippen LogP contribution in [0.3, 0.4) is 0 Å². The maximum absolute atomic E-state index is 12.4. The molecule has 160 valence electrons. The fourth-order valence-corrected chi connectivity index (χ4v) is 3.33. The number of hydrogen-bond acceptors (Lipinski definition) is 5. The van der Waals surface area contributed by atoms with Crippen LogP contribution in [0.15, 0.2) is 59.6 Å². The number of halogens is 1. The van der Waals surface area contributed by atoms with Gasteiger partial charge >= 0.3 is 11.9 Å². The number of nitrogens with zero attached hydrogens (tertiary/aromatic N) is 1. The molecule has 0 amide bonds. The smallest absolute Gasteiger partial charge is 0.343 e. The molecule has 30 heavy (non-hydrogen) atoms. The predicted octanol–water partition coefficient (Wildman–Crippen LogP) is 3.31. The normalized spacial score (nSPS) is 17.9. The highest BCUT2D eigenvalue weighted by Crippen LogP contribution is 2.30. The molecular weight excluding hydrogens is 406 g/mol. The first-order chi connectivity index (χ1) is 14.0. The van der Waals surface area contributed by atoms with Crippen LogP contribution in [0.4, 0.5) is 0 Å². The monoisotopic (exact) mass is 431 g/mol. The van der Waals surface area contributed by atoms with Crippen LogP contribution in [0.1, 0.15) is 36.0 Å². The van der Waals surface area contributed by atoms with E-state index >= 15 is 0 Å². The van der Waals surface area contributed by atoms with Gasteiger partial charge in [-0.05, 0) is 68.0 Å². The number of carbonyl (C=O) groups excluding carboxylic acids is 2. The Morgan fingerprint density at radius 3 is 2.07 bits per heavy atom. The molecule has 3 rings (SSSR count). The number of hydrogen-bond donors (Lipinski definition) is 2. The average molecular weight is 432 g/mol. The number of benzene rings is 2. The van der Waals surface area contributed by atoms with E-state index in [-0.39, 0.29) is 30.3 Å². The molecule has 0 aliphatic heterocycles. The number of nitrogens with two attached hydrogens (primary N) is 2. The highest BCUT2D eigenvalue weighted by atomic mass is 35.5. The standard InChI is InChI=1S/C22H25N3O4.ClH/c23-22(24)25-14-15-6-8-16(9-7-15)20(26)29-19-12-10-17(11-13-19)21(27)28-18-4-2-1-3-5-18;/h1-5,10-13,15-16H,6-9,14H2,(H4,23,24,25);1H. The van der Waals surface area contributed by atoms with E-state index in [9.17, 15) is 9.59 Å². The highest BCUT2D eigenvalue weighted by molar-refractivity contribution is 5.91. The van der Waals surface area contributed by atoms with Crippen LogP contribution in [0.2, 0.25) is 0 Å². The number of esters is 2. The van der Waals surface area contributed by atoms with Crippen LogP contribution >= 0.6 is 12.4 Å². The molecule has 1 saturated carbocycles. The third-order valence-corrected chi connectivity index (χ3v) is 4.97. The molecule has 0 saturated heterocycles. The van der Waals surface area contributed by atoms with E-state index < -0.39 is 5.97 Å². The van der Waals surface area contributed by atoms with E-state index in [2.05, 4.69) is 4.99 Å². The molecule has 0 radical (unpaired) electrons. The topological polar surface area (TPSA) is 117 Å². The summed E-state index contributed by atoms with van der Waals surface area (Å²) >= 11 is 0. The molecule has 0 aromatic heterocycles. The number of rotatable bonds is 6. The zero-order chi connectivity index (χ0) is 20.6. The lowest BCUT2D eigenvalue weighted by Crippen LogP contribution is -2.28. The Kier molecular flexibility index (Phi) is 8.68. The van der Waals surface area contributed by atoms with Gasteiger partial charge in [0.2, 0.25) is 0 Å². The summed E-state index contributed by atoms with van der Waals surface area (Å²) in [5, 5.41) is 0. The van der Waals surface area contributed by atoms with E-state index in [1.165, 1.54) is 0 Å². The van der Waals surface area contributed by atoms with Crippen LogP contribution in [-0.4, -0.2) is 24.4 Å². The summed E-state index contributed by atoms with van der Waals surface area (Å²) in [5.41, 5.74) is 11.1. The molecule has 0 spiro atoms. The molecule has 2 aromatic carbocycles. The van der Waals surface area contributed by atoms with Crippen molar-refractivity contribution in [1.82, 2.24) is 0 Å². The van der Waals surface area contributed by atoms with Crippen molar-refractivity contribution < 1.29 is 19.1 Å². The third-order valence-electron chi connectivity index (χ3n) is 4.97. The van der Waals surface area contributed by atoms with Gasteiger partial charge in [-0.2, -0.15) is 0 Å². The van der Waals surface area contributed by atoms with Crippen molar-refractivity contribution in [2.45, 2.75) is 25.7 Å². The summed E-state index contributed by atoms with van der Waals surface area (Å²) in [4.78, 5) is 28.6. The largest absolute Gasteiger partial charge is 0.426 e. The molecule has 0 heterocycles. The molecule has 0 bridgehead atoms. The Bertz CT molecular complexity index is 860. The van der Waals surface area contributed by atoms with E-state index in [4.69, 9.17) is 20.9 Å². The van der Waals surface area contributed by atoms with Gasteiger partial charge in [-0.1, -0.05) is 18.2 Å². The first-order valence-corrected chi connectivity index (χ1v) is 9.65. The van der Waals surface area contributed by atoms with Gasteiger partial charge in [-0.25, -0.2) is 4.79 Å². The number of ether oxygens (including phenoxy) is 2. The van der Waals surface area contributed by atoms with E-state index in [0.717, 1.165) is 25.7 Å². The van der Waals surface area contributed by atoms with Crippen molar-refractivity contribution in [3.05, 3.63) is 60.2 Å². The Morgan fingerprint density at radius 2 is 1.47 bits per heavy atom. The summed E-state index contributed by atoms with van der Waals surface area (Å²) in [6.45, 7) is 0.602. The maximum atomic E-state index is 12.4. The summed E-state index contributed by atoms with van der Waals surface area (Å²) in [5.74, 6) is 0.544. The lowest BCUT2D eigenvalue weighted by Gasteiger charge is -2.26. The minimum atomic E-state index is -0.465. The summed E-state index contributed by atoms with van der Waals surface area (Å²) in [6, 6.07) is 15.2. The zero-order valence-corrected chi connectivity index (χ0v) is 17.3. The number of aliphatic imine (C=N–C) groups is 1. The lowest BCUT2D eigenvalue weighted by atomic mass is 9.82. The minimum absolute atomic E-state index is 0. The SMILES string of the molecule is Cl.NC(N)=NCC1CCC(C(=O)Oc2ccc(C(=O)Oc3ccccc3)cc2)CC1. The Labute approximate surface area is 181 Å². The van der Waals surface area contributed by atoms with Gasteiger partial charge in [0.15, 0.2) is 5.96 Å². The quantitative estimate of drug-likeness (QED) is 0.313. The maximum Gasteiger partial charge on any atom is 0.343 e. The molecule has 1 fully saturated rings. The van der Waals surface area contributed by atoms with E-state index in [0.29, 0.717) is 29.5 Å². The van der Waals surface area contributed by atoms with Crippen LogP contribution in [0, 0.1) is 11.8 Å². The van der Waals surface area contributed by atoms with Crippen molar-refractivity contribution >= 4 is 30.3 Å². The fraction of sp³-hybridized carbons (Fsp3) is 0.318. The van der Waals surface area contributed by atoms with Crippen LogP contribution in [0.25, 0.3) is 0 Å². The molecule has 0 unspecified atom stereocenters. The lowest BCUT2D eigenvalue weighted by molar-refractivity contribution is -0.140. The van der Waals surface area contributed by atoms with E-state index in [1.54, 1.807) is 48.5 Å². The molecule has 8 heteroatoms. The number of carbonyl (C=O) groups is 2. The molecule has 4 N–H and O–H groups in total. The summed E-state index contributed by atoms with van der Waals surface area (Å²) < 4.78 is 10.8. The Balaban J connectivity index is 0.00000320. The van der Waals surface area contributed by atoms with Crippen molar-refractivity contribution in [2.75, 3.05) is 6.54 Å². The van der Waals surface area contributed by atoms with Gasteiger partial charge in [0, 0.05) is 6.54 Å². The second-order valence-corrected chi connectivity index (χ2v) is 7.13. The van der Waals surface area contributed by atoms with Gasteiger partial charge < -0.3 is 20.9 Å². The molecule has 1 aliphatic rings. The van der Waals surface area contributed by atoms with Crippen molar-refractivity contribution in [2.24, 2.45) is 28.3 Å². The van der Waals surface area contributed by atoms with Gasteiger partial charge in [0.05, 0.1) is 11.5 Å². The average Bonchev–Trinajstić information content (AvgIpc) is 2.74. The zero-order valence-electron chi connectivity index (χ0n) is 16.5.